The zero-order chi connectivity index (χ0) is 16.7. The van der Waals surface area contributed by atoms with Crippen LogP contribution < -0.4 is 0 Å². The van der Waals surface area contributed by atoms with E-state index < -0.39 is 0 Å². The van der Waals surface area contributed by atoms with Crippen LogP contribution >= 0.6 is 0 Å². The zero-order valence-electron chi connectivity index (χ0n) is 13.6. The van der Waals surface area contributed by atoms with Crippen LogP contribution in [0, 0.1) is 0 Å². The number of amides is 2. The molecule has 2 fully saturated rings. The fourth-order valence-electron chi connectivity index (χ4n) is 3.90. The molecule has 2 saturated heterocycles. The van der Waals surface area contributed by atoms with E-state index >= 15 is 0 Å². The van der Waals surface area contributed by atoms with Crippen LogP contribution in [0.25, 0.3) is 0 Å². The van der Waals surface area contributed by atoms with Crippen molar-refractivity contribution < 1.29 is 9.59 Å². The van der Waals surface area contributed by atoms with Crippen LogP contribution in [0.2, 0.25) is 0 Å². The summed E-state index contributed by atoms with van der Waals surface area (Å²) >= 11 is 0. The molecule has 0 spiro atoms. The van der Waals surface area contributed by atoms with Gasteiger partial charge in [-0.3, -0.25) is 14.6 Å². The summed E-state index contributed by atoms with van der Waals surface area (Å²) in [5.41, 5.74) is 1.75. The maximum atomic E-state index is 12.8. The summed E-state index contributed by atoms with van der Waals surface area (Å²) in [4.78, 5) is 33.1. The van der Waals surface area contributed by atoms with Crippen LogP contribution in [-0.2, 0) is 18.4 Å². The Balaban J connectivity index is 1.53. The van der Waals surface area contributed by atoms with E-state index in [1.54, 1.807) is 12.4 Å². The largest absolute Gasteiger partial charge is 0.347 e. The van der Waals surface area contributed by atoms with E-state index in [1.165, 1.54) is 0 Å². The first-order chi connectivity index (χ1) is 11.6. The van der Waals surface area contributed by atoms with Gasteiger partial charge in [0.15, 0.2) is 0 Å². The number of fused-ring (bicyclic) bond motifs is 1. The maximum absolute atomic E-state index is 12.8. The molecule has 0 saturated carbocycles. The second-order valence-corrected chi connectivity index (χ2v) is 6.51. The molecule has 2 aliphatic heterocycles. The van der Waals surface area contributed by atoms with E-state index in [0.29, 0.717) is 25.2 Å². The number of hydrogen-bond donors (Lipinski definition) is 0. The van der Waals surface area contributed by atoms with Gasteiger partial charge in [0.2, 0.25) is 5.91 Å². The quantitative estimate of drug-likeness (QED) is 0.858. The molecule has 2 aliphatic rings. The molecule has 2 aromatic heterocycles. The first-order valence-electron chi connectivity index (χ1n) is 8.26. The van der Waals surface area contributed by atoms with E-state index in [0.717, 1.165) is 12.0 Å². The first-order valence-corrected chi connectivity index (χ1v) is 8.26. The second kappa shape index (κ2) is 5.78. The van der Waals surface area contributed by atoms with Crippen molar-refractivity contribution in [1.82, 2.24) is 19.4 Å². The Morgan fingerprint density at radius 3 is 2.75 bits per heavy atom. The van der Waals surface area contributed by atoms with Crippen LogP contribution in [0.5, 0.6) is 0 Å². The molecule has 0 aromatic carbocycles. The van der Waals surface area contributed by atoms with Gasteiger partial charge in [-0.1, -0.05) is 0 Å². The predicted octanol–water partition coefficient (Wildman–Crippen LogP) is 1.44. The summed E-state index contributed by atoms with van der Waals surface area (Å²) in [7, 11) is 1.87. The highest BCUT2D eigenvalue weighted by Gasteiger charge is 2.48. The van der Waals surface area contributed by atoms with Crippen molar-refractivity contribution in [2.45, 2.75) is 31.5 Å². The number of aromatic nitrogens is 2. The number of aryl methyl sites for hydroxylation is 1. The van der Waals surface area contributed by atoms with Gasteiger partial charge in [-0.15, -0.1) is 0 Å². The molecule has 4 rings (SSSR count). The smallest absolute Gasteiger partial charge is 0.270 e. The Kier molecular flexibility index (Phi) is 3.59. The lowest BCUT2D eigenvalue weighted by atomic mass is 10.1. The van der Waals surface area contributed by atoms with Crippen LogP contribution in [0.1, 0.15) is 28.9 Å². The summed E-state index contributed by atoms with van der Waals surface area (Å²) < 4.78 is 1.83. The van der Waals surface area contributed by atoms with Gasteiger partial charge in [0.1, 0.15) is 5.69 Å². The van der Waals surface area contributed by atoms with Crippen LogP contribution in [0.3, 0.4) is 0 Å². The molecule has 4 heterocycles. The number of hydrogen-bond acceptors (Lipinski definition) is 3. The van der Waals surface area contributed by atoms with Gasteiger partial charge >= 0.3 is 0 Å². The highest BCUT2D eigenvalue weighted by molar-refractivity contribution is 5.94. The predicted molar refractivity (Wildman–Crippen MR) is 88.0 cm³/mol. The van der Waals surface area contributed by atoms with E-state index in [9.17, 15) is 9.59 Å². The molecule has 6 heteroatoms. The third-order valence-electron chi connectivity index (χ3n) is 5.14. The average molecular weight is 324 g/mol. The number of rotatable bonds is 3. The molecule has 2 atom stereocenters. The van der Waals surface area contributed by atoms with Crippen molar-refractivity contribution in [2.75, 3.05) is 6.54 Å². The number of likely N-dealkylation sites (tertiary alicyclic amines) is 2. The second-order valence-electron chi connectivity index (χ2n) is 6.51. The van der Waals surface area contributed by atoms with Gasteiger partial charge < -0.3 is 14.4 Å². The van der Waals surface area contributed by atoms with Crippen LogP contribution in [0.4, 0.5) is 0 Å². The lowest BCUT2D eigenvalue weighted by molar-refractivity contribution is -0.129. The fraction of sp³-hybridized carbons (Fsp3) is 0.389. The van der Waals surface area contributed by atoms with Crippen molar-refractivity contribution in [3.8, 4) is 0 Å². The average Bonchev–Trinajstić information content (AvgIpc) is 3.26. The summed E-state index contributed by atoms with van der Waals surface area (Å²) in [6.07, 6.45) is 6.63. The lowest BCUT2D eigenvalue weighted by Gasteiger charge is -2.25. The molecule has 0 aliphatic carbocycles. The lowest BCUT2D eigenvalue weighted by Crippen LogP contribution is -2.40. The van der Waals surface area contributed by atoms with Crippen LogP contribution in [0.15, 0.2) is 42.9 Å². The summed E-state index contributed by atoms with van der Waals surface area (Å²) in [6.45, 7) is 1.30. The maximum Gasteiger partial charge on any atom is 0.270 e. The molecule has 0 N–H and O–H groups in total. The van der Waals surface area contributed by atoms with Gasteiger partial charge in [-0.2, -0.15) is 0 Å². The molecule has 2 amide bonds. The van der Waals surface area contributed by atoms with Gasteiger partial charge in [0.25, 0.3) is 5.91 Å². The molecule has 0 bridgehead atoms. The van der Waals surface area contributed by atoms with E-state index in [1.807, 2.05) is 51.9 Å². The fourth-order valence-corrected chi connectivity index (χ4v) is 3.90. The molecule has 6 nitrogen and oxygen atoms in total. The zero-order valence-corrected chi connectivity index (χ0v) is 13.6. The van der Waals surface area contributed by atoms with Gasteiger partial charge in [-0.25, -0.2) is 0 Å². The molecule has 2 aromatic rings. The van der Waals surface area contributed by atoms with Crippen molar-refractivity contribution in [3.05, 3.63) is 54.1 Å². The first kappa shape index (κ1) is 14.9. The minimum absolute atomic E-state index is 0.0123. The van der Waals surface area contributed by atoms with Gasteiger partial charge in [-0.05, 0) is 36.2 Å². The molecule has 124 valence electrons. The number of nitrogens with zero attached hydrogens (tertiary/aromatic N) is 4. The summed E-state index contributed by atoms with van der Waals surface area (Å²) in [5.74, 6) is 0.153. The van der Waals surface area contributed by atoms with Crippen molar-refractivity contribution >= 4 is 11.8 Å². The Morgan fingerprint density at radius 1 is 1.25 bits per heavy atom. The number of carbonyl (C=O) groups is 2. The monoisotopic (exact) mass is 324 g/mol. The summed E-state index contributed by atoms with van der Waals surface area (Å²) in [5, 5.41) is 0. The third-order valence-corrected chi connectivity index (χ3v) is 5.14. The minimum Gasteiger partial charge on any atom is -0.347 e. The highest BCUT2D eigenvalue weighted by Crippen LogP contribution is 2.34. The van der Waals surface area contributed by atoms with Crippen LogP contribution in [-0.4, -0.2) is 49.8 Å². The normalized spacial score (nSPS) is 23.0. The third kappa shape index (κ3) is 2.38. The van der Waals surface area contributed by atoms with Crippen molar-refractivity contribution in [1.29, 1.82) is 0 Å². The van der Waals surface area contributed by atoms with E-state index in [2.05, 4.69) is 4.98 Å². The molecule has 24 heavy (non-hydrogen) atoms. The molecule has 0 radical (unpaired) electrons. The molecular formula is C18H20N4O2. The topological polar surface area (TPSA) is 58.4 Å². The minimum atomic E-state index is -0.0123. The Bertz CT molecular complexity index is 770. The Morgan fingerprint density at radius 2 is 2.04 bits per heavy atom. The standard InChI is InChI=1S/C18H20N4O2/c1-20-9-2-3-15(20)18(24)21-10-6-14-16(21)11-17(23)22(14)12-13-4-7-19-8-5-13/h2-5,7-9,14,16H,6,10-12H2,1H3/t14-,16+/m0/s1. The SMILES string of the molecule is Cn1cccc1C(=O)N1CC[C@H]2[C@H]1CC(=O)N2Cc1ccncc1. The Hall–Kier alpha value is -2.63. The molecular weight excluding hydrogens is 304 g/mol. The number of pyridine rings is 1. The van der Waals surface area contributed by atoms with E-state index in [-0.39, 0.29) is 23.9 Å². The Labute approximate surface area is 140 Å². The number of carbonyl (C=O) groups excluding carboxylic acids is 2. The molecule has 0 unspecified atom stereocenters. The van der Waals surface area contributed by atoms with Gasteiger partial charge in [0.05, 0.1) is 12.1 Å². The summed E-state index contributed by atoms with van der Waals surface area (Å²) in [6, 6.07) is 7.68. The van der Waals surface area contributed by atoms with E-state index in [4.69, 9.17) is 0 Å². The van der Waals surface area contributed by atoms with Gasteiger partial charge in [0, 0.05) is 45.1 Å². The highest BCUT2D eigenvalue weighted by atomic mass is 16.2. The van der Waals surface area contributed by atoms with Crippen molar-refractivity contribution in [2.24, 2.45) is 7.05 Å². The van der Waals surface area contributed by atoms with Crippen molar-refractivity contribution in [3.63, 3.8) is 0 Å².